The first-order valence-electron chi connectivity index (χ1n) is 7.29. The SMILES string of the molecule is COc1ccc(/C=N/NC(=O)COc2c(Br)cc(Br)cc2OC)c(O)c1. The zero-order chi connectivity index (χ0) is 19.1. The molecule has 0 unspecified atom stereocenters. The first-order chi connectivity index (χ1) is 12.4. The van der Waals surface area contributed by atoms with Gasteiger partial charge >= 0.3 is 0 Å². The molecule has 7 nitrogen and oxygen atoms in total. The number of hydrogen-bond donors (Lipinski definition) is 2. The number of hydrazone groups is 1. The standard InChI is InChI=1S/C17H16Br2N2O5/c1-24-12-4-3-10(14(22)7-12)8-20-21-16(23)9-26-17-13(19)5-11(18)6-15(17)25-2/h3-8,22H,9H2,1-2H3,(H,21,23)/b20-8+. The average molecular weight is 488 g/mol. The van der Waals surface area contributed by atoms with Gasteiger partial charge in [0.25, 0.3) is 5.91 Å². The highest BCUT2D eigenvalue weighted by Crippen LogP contribution is 2.38. The van der Waals surface area contributed by atoms with Gasteiger partial charge < -0.3 is 19.3 Å². The molecule has 0 aliphatic carbocycles. The van der Waals surface area contributed by atoms with Crippen LogP contribution in [0.3, 0.4) is 0 Å². The quantitative estimate of drug-likeness (QED) is 0.461. The molecule has 2 aromatic carbocycles. The molecule has 2 aromatic rings. The molecule has 0 spiro atoms. The maximum Gasteiger partial charge on any atom is 0.277 e. The van der Waals surface area contributed by atoms with E-state index in [2.05, 4.69) is 42.4 Å². The van der Waals surface area contributed by atoms with Gasteiger partial charge in [0.05, 0.1) is 24.9 Å². The van der Waals surface area contributed by atoms with Gasteiger partial charge in [-0.3, -0.25) is 4.79 Å². The fourth-order valence-electron chi connectivity index (χ4n) is 1.93. The van der Waals surface area contributed by atoms with E-state index in [0.717, 1.165) is 4.47 Å². The van der Waals surface area contributed by atoms with Crippen molar-refractivity contribution in [2.45, 2.75) is 0 Å². The molecular weight excluding hydrogens is 472 g/mol. The van der Waals surface area contributed by atoms with Crippen LogP contribution in [-0.2, 0) is 4.79 Å². The van der Waals surface area contributed by atoms with Gasteiger partial charge in [0.2, 0.25) is 0 Å². The third-order valence-electron chi connectivity index (χ3n) is 3.17. The lowest BCUT2D eigenvalue weighted by Gasteiger charge is -2.12. The largest absolute Gasteiger partial charge is 0.507 e. The van der Waals surface area contributed by atoms with Crippen molar-refractivity contribution >= 4 is 44.0 Å². The topological polar surface area (TPSA) is 89.4 Å². The van der Waals surface area contributed by atoms with E-state index >= 15 is 0 Å². The van der Waals surface area contributed by atoms with Crippen molar-refractivity contribution in [1.29, 1.82) is 0 Å². The molecule has 0 aromatic heterocycles. The molecule has 1 amide bonds. The first-order valence-corrected chi connectivity index (χ1v) is 8.88. The van der Waals surface area contributed by atoms with Gasteiger partial charge in [0.15, 0.2) is 18.1 Å². The van der Waals surface area contributed by atoms with Gasteiger partial charge in [-0.25, -0.2) is 5.43 Å². The lowest BCUT2D eigenvalue weighted by molar-refractivity contribution is -0.123. The summed E-state index contributed by atoms with van der Waals surface area (Å²) in [6.45, 7) is -0.261. The Balaban J connectivity index is 1.94. The van der Waals surface area contributed by atoms with E-state index in [0.29, 0.717) is 27.3 Å². The van der Waals surface area contributed by atoms with E-state index in [4.69, 9.17) is 14.2 Å². The van der Waals surface area contributed by atoms with Crippen molar-refractivity contribution in [3.05, 3.63) is 44.8 Å². The second-order valence-electron chi connectivity index (χ2n) is 4.93. The Hall–Kier alpha value is -2.26. The number of nitrogens with zero attached hydrogens (tertiary/aromatic N) is 1. The highest BCUT2D eigenvalue weighted by Gasteiger charge is 2.12. The second kappa shape index (κ2) is 9.44. The minimum Gasteiger partial charge on any atom is -0.507 e. The Morgan fingerprint density at radius 1 is 1.23 bits per heavy atom. The third kappa shape index (κ3) is 5.37. The van der Waals surface area contributed by atoms with Gasteiger partial charge in [-0.05, 0) is 40.2 Å². The minimum atomic E-state index is -0.467. The average Bonchev–Trinajstić information content (AvgIpc) is 2.61. The van der Waals surface area contributed by atoms with E-state index in [9.17, 15) is 9.90 Å². The fraction of sp³-hybridized carbons (Fsp3) is 0.176. The normalized spacial score (nSPS) is 10.6. The Kier molecular flexibility index (Phi) is 7.28. The summed E-state index contributed by atoms with van der Waals surface area (Å²) in [7, 11) is 3.01. The van der Waals surface area contributed by atoms with Crippen LogP contribution in [0.5, 0.6) is 23.0 Å². The van der Waals surface area contributed by atoms with Crippen molar-refractivity contribution in [3.8, 4) is 23.0 Å². The van der Waals surface area contributed by atoms with Gasteiger partial charge in [-0.15, -0.1) is 0 Å². The maximum absolute atomic E-state index is 11.9. The third-order valence-corrected chi connectivity index (χ3v) is 4.22. The van der Waals surface area contributed by atoms with Gasteiger partial charge in [-0.2, -0.15) is 5.10 Å². The van der Waals surface area contributed by atoms with E-state index in [1.165, 1.54) is 26.5 Å². The van der Waals surface area contributed by atoms with E-state index in [-0.39, 0.29) is 12.4 Å². The van der Waals surface area contributed by atoms with Crippen LogP contribution in [0.25, 0.3) is 0 Å². The Morgan fingerprint density at radius 2 is 2.00 bits per heavy atom. The van der Waals surface area contributed by atoms with E-state index in [1.54, 1.807) is 24.3 Å². The number of aromatic hydroxyl groups is 1. The Labute approximate surface area is 167 Å². The monoisotopic (exact) mass is 486 g/mol. The number of rotatable bonds is 7. The molecule has 2 N–H and O–H groups in total. The minimum absolute atomic E-state index is 0.0119. The molecule has 0 atom stereocenters. The summed E-state index contributed by atoms with van der Waals surface area (Å²) in [6.07, 6.45) is 1.32. The fourth-order valence-corrected chi connectivity index (χ4v) is 3.23. The second-order valence-corrected chi connectivity index (χ2v) is 6.70. The number of carbonyl (C=O) groups is 1. The zero-order valence-electron chi connectivity index (χ0n) is 14.0. The summed E-state index contributed by atoms with van der Waals surface area (Å²) in [4.78, 5) is 11.9. The summed E-state index contributed by atoms with van der Waals surface area (Å²) < 4.78 is 17.2. The van der Waals surface area contributed by atoms with Crippen LogP contribution in [0.2, 0.25) is 0 Å². The van der Waals surface area contributed by atoms with E-state index < -0.39 is 5.91 Å². The van der Waals surface area contributed by atoms with Crippen LogP contribution < -0.4 is 19.6 Å². The summed E-state index contributed by atoms with van der Waals surface area (Å²) in [6, 6.07) is 8.24. The van der Waals surface area contributed by atoms with Crippen LogP contribution in [0.1, 0.15) is 5.56 Å². The van der Waals surface area contributed by atoms with Crippen LogP contribution in [-0.4, -0.2) is 38.1 Å². The lowest BCUT2D eigenvalue weighted by Crippen LogP contribution is -2.24. The molecule has 0 radical (unpaired) electrons. The molecule has 138 valence electrons. The van der Waals surface area contributed by atoms with Crippen LogP contribution in [0.4, 0.5) is 0 Å². The van der Waals surface area contributed by atoms with Gasteiger partial charge in [-0.1, -0.05) is 15.9 Å². The van der Waals surface area contributed by atoms with Crippen molar-refractivity contribution in [1.82, 2.24) is 5.43 Å². The molecule has 0 aliphatic heterocycles. The Morgan fingerprint density at radius 3 is 2.65 bits per heavy atom. The van der Waals surface area contributed by atoms with Crippen molar-refractivity contribution < 1.29 is 24.1 Å². The number of benzene rings is 2. The lowest BCUT2D eigenvalue weighted by atomic mass is 10.2. The molecule has 0 saturated carbocycles. The molecule has 0 heterocycles. The molecule has 2 rings (SSSR count). The molecule has 26 heavy (non-hydrogen) atoms. The number of hydrogen-bond acceptors (Lipinski definition) is 6. The number of phenols is 1. The summed E-state index contributed by atoms with van der Waals surface area (Å²) in [5, 5.41) is 13.6. The molecular formula is C17H16Br2N2O5. The number of phenolic OH excluding ortho intramolecular Hbond substituents is 1. The predicted octanol–water partition coefficient (Wildman–Crippen LogP) is 3.46. The Bertz CT molecular complexity index is 827. The van der Waals surface area contributed by atoms with Crippen molar-refractivity contribution in [2.75, 3.05) is 20.8 Å². The highest BCUT2D eigenvalue weighted by atomic mass is 79.9. The molecule has 0 aliphatic rings. The van der Waals surface area contributed by atoms with E-state index in [1.807, 2.05) is 0 Å². The van der Waals surface area contributed by atoms with Gasteiger partial charge in [0.1, 0.15) is 11.5 Å². The predicted molar refractivity (Wildman–Crippen MR) is 104 cm³/mol. The van der Waals surface area contributed by atoms with Gasteiger partial charge in [0, 0.05) is 16.1 Å². The number of nitrogens with one attached hydrogen (secondary N) is 1. The molecule has 0 saturated heterocycles. The van der Waals surface area contributed by atoms with Crippen LogP contribution in [0.15, 0.2) is 44.4 Å². The number of amides is 1. The van der Waals surface area contributed by atoms with Crippen LogP contribution in [0, 0.1) is 0 Å². The molecule has 0 bridgehead atoms. The summed E-state index contributed by atoms with van der Waals surface area (Å²) >= 11 is 6.70. The number of halogens is 2. The number of carbonyl (C=O) groups excluding carboxylic acids is 1. The highest BCUT2D eigenvalue weighted by molar-refractivity contribution is 9.11. The van der Waals surface area contributed by atoms with Crippen molar-refractivity contribution in [2.24, 2.45) is 5.10 Å². The zero-order valence-corrected chi connectivity index (χ0v) is 17.1. The summed E-state index contributed by atoms with van der Waals surface area (Å²) in [5.74, 6) is 0.924. The number of ether oxygens (including phenoxy) is 3. The maximum atomic E-state index is 11.9. The molecule has 9 heteroatoms. The van der Waals surface area contributed by atoms with Crippen molar-refractivity contribution in [3.63, 3.8) is 0 Å². The van der Waals surface area contributed by atoms with Crippen LogP contribution >= 0.6 is 31.9 Å². The summed E-state index contributed by atoms with van der Waals surface area (Å²) in [5.41, 5.74) is 2.76. The molecule has 0 fully saturated rings. The first kappa shape index (κ1) is 20.1. The number of methoxy groups -OCH3 is 2. The smallest absolute Gasteiger partial charge is 0.277 e.